The third-order valence-electron chi connectivity index (χ3n) is 4.36. The Morgan fingerprint density at radius 1 is 1.21 bits per heavy atom. The highest BCUT2D eigenvalue weighted by Crippen LogP contribution is 2.41. The number of nitrogens with one attached hydrogen (secondary N) is 1. The number of para-hydroxylation sites is 2. The van der Waals surface area contributed by atoms with Crippen molar-refractivity contribution in [3.05, 3.63) is 60.2 Å². The van der Waals surface area contributed by atoms with Crippen LogP contribution in [0, 0.1) is 0 Å². The molecule has 0 saturated heterocycles. The molecule has 1 atom stereocenters. The molecule has 0 radical (unpaired) electrons. The number of aromatic nitrogens is 4. The Morgan fingerprint density at radius 2 is 1.96 bits per heavy atom. The molecule has 1 aliphatic carbocycles. The van der Waals surface area contributed by atoms with Crippen LogP contribution >= 0.6 is 11.8 Å². The third kappa shape index (κ3) is 4.17. The average Bonchev–Trinajstić information content (AvgIpc) is 3.46. The lowest BCUT2D eigenvalue weighted by atomic mass is 10.1. The van der Waals surface area contributed by atoms with Crippen molar-refractivity contribution in [2.45, 2.75) is 36.2 Å². The fourth-order valence-corrected chi connectivity index (χ4v) is 3.91. The first-order valence-corrected chi connectivity index (χ1v) is 10.2. The molecule has 1 aliphatic rings. The van der Waals surface area contributed by atoms with Gasteiger partial charge >= 0.3 is 0 Å². The maximum atomic E-state index is 13.2. The number of amides is 1. The summed E-state index contributed by atoms with van der Waals surface area (Å²) in [4.78, 5) is 13.2. The van der Waals surface area contributed by atoms with E-state index < -0.39 is 5.25 Å². The fourth-order valence-electron chi connectivity index (χ4n) is 2.87. The predicted molar refractivity (Wildman–Crippen MR) is 107 cm³/mol. The van der Waals surface area contributed by atoms with Gasteiger partial charge < -0.3 is 10.1 Å². The Labute approximate surface area is 167 Å². The molecule has 1 heterocycles. The molecule has 0 aliphatic heterocycles. The quantitative estimate of drug-likeness (QED) is 0.583. The molecule has 3 aromatic rings. The molecular weight excluding hydrogens is 374 g/mol. The molecule has 1 aromatic heterocycles. The molecule has 144 valence electrons. The summed E-state index contributed by atoms with van der Waals surface area (Å²) in [6.45, 7) is 2.44. The van der Waals surface area contributed by atoms with E-state index in [9.17, 15) is 4.79 Å². The standard InChI is InChI=1S/C20H21N5O2S/c1-2-27-17-11-7-6-10-16(17)21-19(26)18(14-8-4-3-5-9-14)28-20-22-23-24-25(20)15-12-13-15/h3-11,15,18H,2,12-13H2,1H3,(H,21,26). The van der Waals surface area contributed by atoms with Gasteiger partial charge in [0, 0.05) is 0 Å². The molecule has 0 spiro atoms. The molecule has 8 heteroatoms. The van der Waals surface area contributed by atoms with Crippen molar-refractivity contribution < 1.29 is 9.53 Å². The second-order valence-corrected chi connectivity index (χ2v) is 7.54. The number of benzene rings is 2. The Bertz CT molecular complexity index is 943. The highest BCUT2D eigenvalue weighted by Gasteiger charge is 2.31. The number of nitrogens with zero attached hydrogens (tertiary/aromatic N) is 4. The van der Waals surface area contributed by atoms with Crippen LogP contribution in [0.25, 0.3) is 0 Å². The SMILES string of the molecule is CCOc1ccccc1NC(=O)C(Sc1nnnn1C1CC1)c1ccccc1. The van der Waals surface area contributed by atoms with E-state index in [1.165, 1.54) is 11.8 Å². The van der Waals surface area contributed by atoms with Crippen molar-refractivity contribution >= 4 is 23.4 Å². The molecule has 1 saturated carbocycles. The van der Waals surface area contributed by atoms with E-state index in [1.807, 2.05) is 66.2 Å². The van der Waals surface area contributed by atoms with Crippen LogP contribution in [-0.2, 0) is 4.79 Å². The molecule has 1 fully saturated rings. The number of hydrogen-bond donors (Lipinski definition) is 1. The zero-order valence-electron chi connectivity index (χ0n) is 15.5. The normalized spacial score (nSPS) is 14.5. The van der Waals surface area contributed by atoms with Crippen LogP contribution in [0.5, 0.6) is 5.75 Å². The van der Waals surface area contributed by atoms with Gasteiger partial charge in [0.25, 0.3) is 0 Å². The topological polar surface area (TPSA) is 81.9 Å². The van der Waals surface area contributed by atoms with Crippen molar-refractivity contribution in [3.8, 4) is 5.75 Å². The summed E-state index contributed by atoms with van der Waals surface area (Å²) in [5.41, 5.74) is 1.54. The average molecular weight is 395 g/mol. The number of rotatable bonds is 8. The van der Waals surface area contributed by atoms with E-state index in [4.69, 9.17) is 4.74 Å². The predicted octanol–water partition coefficient (Wildman–Crippen LogP) is 3.88. The van der Waals surface area contributed by atoms with E-state index in [0.29, 0.717) is 29.2 Å². The second-order valence-electron chi connectivity index (χ2n) is 6.46. The van der Waals surface area contributed by atoms with Gasteiger partial charge in [-0.3, -0.25) is 4.79 Å². The Hall–Kier alpha value is -2.87. The largest absolute Gasteiger partial charge is 0.492 e. The van der Waals surface area contributed by atoms with Gasteiger partial charge in [-0.2, -0.15) is 0 Å². The van der Waals surface area contributed by atoms with E-state index in [1.54, 1.807) is 0 Å². The van der Waals surface area contributed by atoms with E-state index >= 15 is 0 Å². The van der Waals surface area contributed by atoms with Crippen LogP contribution in [0.15, 0.2) is 59.8 Å². The number of carbonyl (C=O) groups is 1. The van der Waals surface area contributed by atoms with Crippen molar-refractivity contribution in [2.24, 2.45) is 0 Å². The van der Waals surface area contributed by atoms with Gasteiger partial charge in [-0.1, -0.05) is 54.2 Å². The molecular formula is C20H21N5O2S. The number of anilines is 1. The molecule has 7 nitrogen and oxygen atoms in total. The van der Waals surface area contributed by atoms with Crippen LogP contribution in [0.4, 0.5) is 5.69 Å². The van der Waals surface area contributed by atoms with Crippen LogP contribution in [0.1, 0.15) is 36.6 Å². The van der Waals surface area contributed by atoms with Crippen LogP contribution in [0.2, 0.25) is 0 Å². The monoisotopic (exact) mass is 395 g/mol. The summed E-state index contributed by atoms with van der Waals surface area (Å²) in [5, 5.41) is 15.2. The summed E-state index contributed by atoms with van der Waals surface area (Å²) in [6, 6.07) is 17.4. The van der Waals surface area contributed by atoms with Gasteiger partial charge in [-0.15, -0.1) is 5.10 Å². The Kier molecular flexibility index (Phi) is 5.57. The minimum absolute atomic E-state index is 0.145. The first-order valence-electron chi connectivity index (χ1n) is 9.28. The highest BCUT2D eigenvalue weighted by atomic mass is 32.2. The maximum Gasteiger partial charge on any atom is 0.242 e. The first kappa shape index (κ1) is 18.5. The van der Waals surface area contributed by atoms with Crippen molar-refractivity contribution in [1.82, 2.24) is 20.2 Å². The Balaban J connectivity index is 1.60. The molecule has 1 N–H and O–H groups in total. The Morgan fingerprint density at radius 3 is 2.71 bits per heavy atom. The minimum atomic E-state index is -0.487. The van der Waals surface area contributed by atoms with Gasteiger partial charge in [-0.05, 0) is 47.9 Å². The zero-order valence-corrected chi connectivity index (χ0v) is 16.3. The number of ether oxygens (including phenoxy) is 1. The number of thioether (sulfide) groups is 1. The van der Waals surface area contributed by atoms with E-state index in [-0.39, 0.29) is 5.91 Å². The fraction of sp³-hybridized carbons (Fsp3) is 0.300. The van der Waals surface area contributed by atoms with E-state index in [0.717, 1.165) is 18.4 Å². The molecule has 1 amide bonds. The summed E-state index contributed by atoms with van der Waals surface area (Å²) in [7, 11) is 0. The molecule has 28 heavy (non-hydrogen) atoms. The first-order chi connectivity index (χ1) is 13.8. The molecule has 0 bridgehead atoms. The van der Waals surface area contributed by atoms with Gasteiger partial charge in [0.1, 0.15) is 11.0 Å². The van der Waals surface area contributed by atoms with Crippen molar-refractivity contribution in [2.75, 3.05) is 11.9 Å². The summed E-state index contributed by atoms with van der Waals surface area (Å²) >= 11 is 1.36. The van der Waals surface area contributed by atoms with Gasteiger partial charge in [0.2, 0.25) is 11.1 Å². The van der Waals surface area contributed by atoms with Crippen molar-refractivity contribution in [3.63, 3.8) is 0 Å². The third-order valence-corrected chi connectivity index (χ3v) is 5.57. The highest BCUT2D eigenvalue weighted by molar-refractivity contribution is 8.00. The minimum Gasteiger partial charge on any atom is -0.492 e. The van der Waals surface area contributed by atoms with Crippen molar-refractivity contribution in [1.29, 1.82) is 0 Å². The lowest BCUT2D eigenvalue weighted by Crippen LogP contribution is -2.20. The summed E-state index contributed by atoms with van der Waals surface area (Å²) in [5.74, 6) is 0.506. The summed E-state index contributed by atoms with van der Waals surface area (Å²) < 4.78 is 7.45. The zero-order chi connectivity index (χ0) is 19.3. The van der Waals surface area contributed by atoms with E-state index in [2.05, 4.69) is 20.8 Å². The number of hydrogen-bond acceptors (Lipinski definition) is 6. The van der Waals surface area contributed by atoms with Gasteiger partial charge in [-0.25, -0.2) is 4.68 Å². The second kappa shape index (κ2) is 8.43. The maximum absolute atomic E-state index is 13.2. The lowest BCUT2D eigenvalue weighted by Gasteiger charge is -2.18. The molecule has 1 unspecified atom stereocenters. The smallest absolute Gasteiger partial charge is 0.242 e. The lowest BCUT2D eigenvalue weighted by molar-refractivity contribution is -0.115. The van der Waals surface area contributed by atoms with Crippen LogP contribution in [0.3, 0.4) is 0 Å². The van der Waals surface area contributed by atoms with Gasteiger partial charge in [0.15, 0.2) is 0 Å². The molecule has 2 aromatic carbocycles. The van der Waals surface area contributed by atoms with Crippen LogP contribution < -0.4 is 10.1 Å². The number of tetrazole rings is 1. The number of carbonyl (C=O) groups excluding carboxylic acids is 1. The summed E-state index contributed by atoms with van der Waals surface area (Å²) in [6.07, 6.45) is 2.14. The molecule has 4 rings (SSSR count). The van der Waals surface area contributed by atoms with Gasteiger partial charge in [0.05, 0.1) is 18.3 Å². The van der Waals surface area contributed by atoms with Crippen LogP contribution in [-0.4, -0.2) is 32.7 Å².